The molecular weight excluding hydrogens is 266 g/mol. The summed E-state index contributed by atoms with van der Waals surface area (Å²) in [5.41, 5.74) is 2.36. The summed E-state index contributed by atoms with van der Waals surface area (Å²) >= 11 is 5.93. The van der Waals surface area contributed by atoms with Crippen molar-refractivity contribution in [3.63, 3.8) is 0 Å². The van der Waals surface area contributed by atoms with Gasteiger partial charge in [-0.25, -0.2) is 0 Å². The molecule has 0 radical (unpaired) electrons. The van der Waals surface area contributed by atoms with Crippen molar-refractivity contribution < 1.29 is 0 Å². The van der Waals surface area contributed by atoms with Gasteiger partial charge >= 0.3 is 0 Å². The third-order valence-electron chi connectivity index (χ3n) is 2.98. The molecule has 0 fully saturated rings. The van der Waals surface area contributed by atoms with Crippen molar-refractivity contribution in [1.82, 2.24) is 0 Å². The Kier molecular flexibility index (Phi) is 5.45. The molecule has 0 spiro atoms. The minimum Gasteiger partial charge on any atom is -0.364 e. The number of hydrogen-bond acceptors (Lipinski definition) is 1. The van der Waals surface area contributed by atoms with Crippen LogP contribution in [0.4, 0.5) is 5.69 Å². The fourth-order valence-corrected chi connectivity index (χ4v) is 2.10. The van der Waals surface area contributed by atoms with E-state index >= 15 is 0 Å². The summed E-state index contributed by atoms with van der Waals surface area (Å²) in [5, 5.41) is 0.757. The Labute approximate surface area is 125 Å². The largest absolute Gasteiger partial charge is 0.364 e. The van der Waals surface area contributed by atoms with Gasteiger partial charge in [-0.3, -0.25) is 0 Å². The van der Waals surface area contributed by atoms with Gasteiger partial charge in [0.1, 0.15) is 0 Å². The molecule has 2 aromatic rings. The quantitative estimate of drug-likeness (QED) is 0.671. The number of rotatable bonds is 6. The van der Waals surface area contributed by atoms with Crippen molar-refractivity contribution >= 4 is 23.4 Å². The van der Waals surface area contributed by atoms with Crippen LogP contribution in [0.25, 0.3) is 6.08 Å². The molecule has 2 rings (SSSR count). The Hall–Kier alpha value is -1.99. The van der Waals surface area contributed by atoms with Crippen LogP contribution in [-0.4, -0.2) is 13.1 Å². The second-order valence-electron chi connectivity index (χ2n) is 4.48. The molecular formula is C18H18ClN. The van der Waals surface area contributed by atoms with Gasteiger partial charge in [0.05, 0.1) is 0 Å². The molecule has 0 saturated carbocycles. The molecule has 102 valence electrons. The van der Waals surface area contributed by atoms with Gasteiger partial charge in [-0.2, -0.15) is 0 Å². The van der Waals surface area contributed by atoms with Crippen molar-refractivity contribution in [1.29, 1.82) is 0 Å². The average molecular weight is 284 g/mol. The van der Waals surface area contributed by atoms with E-state index in [1.807, 2.05) is 48.5 Å². The molecule has 0 saturated heterocycles. The van der Waals surface area contributed by atoms with Gasteiger partial charge in [0.25, 0.3) is 0 Å². The van der Waals surface area contributed by atoms with Gasteiger partial charge in [-0.1, -0.05) is 60.2 Å². The van der Waals surface area contributed by atoms with Gasteiger partial charge in [0.2, 0.25) is 0 Å². The standard InChI is InChI=1S/C18H18ClN/c1-2-14-20(18-12-10-17(19)11-13-18)15-6-9-16-7-4-3-5-8-16/h2-13H,1,14-15H2/b9-6+. The highest BCUT2D eigenvalue weighted by Crippen LogP contribution is 2.18. The fraction of sp³-hybridized carbons (Fsp3) is 0.111. The molecule has 0 aliphatic rings. The molecule has 0 aliphatic carbocycles. The lowest BCUT2D eigenvalue weighted by atomic mass is 10.2. The summed E-state index contributed by atoms with van der Waals surface area (Å²) in [6, 6.07) is 18.2. The molecule has 0 atom stereocenters. The highest BCUT2D eigenvalue weighted by Gasteiger charge is 2.02. The smallest absolute Gasteiger partial charge is 0.0407 e. The number of benzene rings is 2. The second-order valence-corrected chi connectivity index (χ2v) is 4.92. The Morgan fingerprint density at radius 2 is 1.65 bits per heavy atom. The maximum Gasteiger partial charge on any atom is 0.0407 e. The summed E-state index contributed by atoms with van der Waals surface area (Å²) in [6.07, 6.45) is 6.20. The van der Waals surface area contributed by atoms with Gasteiger partial charge in [-0.05, 0) is 29.8 Å². The van der Waals surface area contributed by atoms with Crippen LogP contribution >= 0.6 is 11.6 Å². The minimum atomic E-state index is 0.757. The summed E-state index contributed by atoms with van der Waals surface area (Å²) in [6.45, 7) is 5.46. The lowest BCUT2D eigenvalue weighted by Gasteiger charge is -2.21. The molecule has 0 bridgehead atoms. The minimum absolute atomic E-state index is 0.757. The van der Waals surface area contributed by atoms with Crippen LogP contribution in [0.2, 0.25) is 5.02 Å². The van der Waals surface area contributed by atoms with Crippen LogP contribution in [0.15, 0.2) is 73.3 Å². The van der Waals surface area contributed by atoms with Crippen LogP contribution in [0.3, 0.4) is 0 Å². The third-order valence-corrected chi connectivity index (χ3v) is 3.23. The van der Waals surface area contributed by atoms with Gasteiger partial charge in [0, 0.05) is 23.8 Å². The van der Waals surface area contributed by atoms with E-state index in [1.54, 1.807) is 0 Å². The first-order chi connectivity index (χ1) is 9.79. The number of anilines is 1. The first-order valence-electron chi connectivity index (χ1n) is 6.62. The Bertz CT molecular complexity index is 558. The molecule has 0 heterocycles. The van der Waals surface area contributed by atoms with Crippen molar-refractivity contribution in [2.75, 3.05) is 18.0 Å². The monoisotopic (exact) mass is 283 g/mol. The lowest BCUT2D eigenvalue weighted by Crippen LogP contribution is -2.22. The topological polar surface area (TPSA) is 3.24 Å². The van der Waals surface area contributed by atoms with E-state index in [0.29, 0.717) is 0 Å². The van der Waals surface area contributed by atoms with Gasteiger partial charge in [0.15, 0.2) is 0 Å². The predicted molar refractivity (Wildman–Crippen MR) is 89.3 cm³/mol. The summed E-state index contributed by atoms with van der Waals surface area (Å²) in [7, 11) is 0. The van der Waals surface area contributed by atoms with Crippen LogP contribution < -0.4 is 4.90 Å². The van der Waals surface area contributed by atoms with Crippen LogP contribution in [0.5, 0.6) is 0 Å². The number of halogens is 1. The zero-order valence-electron chi connectivity index (χ0n) is 11.4. The molecule has 0 aliphatic heterocycles. The Morgan fingerprint density at radius 1 is 0.950 bits per heavy atom. The fourth-order valence-electron chi connectivity index (χ4n) is 1.97. The first kappa shape index (κ1) is 14.4. The Balaban J connectivity index is 2.04. The molecule has 20 heavy (non-hydrogen) atoms. The molecule has 0 N–H and O–H groups in total. The highest BCUT2D eigenvalue weighted by molar-refractivity contribution is 6.30. The molecule has 0 amide bonds. The summed E-state index contributed by atoms with van der Waals surface area (Å²) in [5.74, 6) is 0. The molecule has 0 unspecified atom stereocenters. The van der Waals surface area contributed by atoms with Crippen LogP contribution in [0, 0.1) is 0 Å². The zero-order valence-corrected chi connectivity index (χ0v) is 12.1. The first-order valence-corrected chi connectivity index (χ1v) is 7.00. The van der Waals surface area contributed by atoms with Gasteiger partial charge in [-0.15, -0.1) is 6.58 Å². The van der Waals surface area contributed by atoms with E-state index in [1.165, 1.54) is 5.56 Å². The van der Waals surface area contributed by atoms with Crippen LogP contribution in [-0.2, 0) is 0 Å². The maximum absolute atomic E-state index is 5.93. The lowest BCUT2D eigenvalue weighted by molar-refractivity contribution is 0.958. The normalized spacial score (nSPS) is 10.7. The second kappa shape index (κ2) is 7.56. The van der Waals surface area contributed by atoms with E-state index < -0.39 is 0 Å². The van der Waals surface area contributed by atoms with Crippen molar-refractivity contribution in [3.8, 4) is 0 Å². The molecule has 0 aromatic heterocycles. The van der Waals surface area contributed by atoms with Gasteiger partial charge < -0.3 is 4.90 Å². The Morgan fingerprint density at radius 3 is 2.30 bits per heavy atom. The highest BCUT2D eigenvalue weighted by atomic mass is 35.5. The zero-order chi connectivity index (χ0) is 14.2. The van der Waals surface area contributed by atoms with E-state index in [4.69, 9.17) is 11.6 Å². The van der Waals surface area contributed by atoms with E-state index in [0.717, 1.165) is 23.8 Å². The molecule has 1 nitrogen and oxygen atoms in total. The average Bonchev–Trinajstić information content (AvgIpc) is 2.48. The molecule has 2 aromatic carbocycles. The van der Waals surface area contributed by atoms with E-state index in [-0.39, 0.29) is 0 Å². The summed E-state index contributed by atoms with van der Waals surface area (Å²) in [4.78, 5) is 2.24. The SMILES string of the molecule is C=CCN(C/C=C/c1ccccc1)c1ccc(Cl)cc1. The number of nitrogens with zero attached hydrogens (tertiary/aromatic N) is 1. The summed E-state index contributed by atoms with van der Waals surface area (Å²) < 4.78 is 0. The molecule has 2 heteroatoms. The van der Waals surface area contributed by atoms with E-state index in [9.17, 15) is 0 Å². The maximum atomic E-state index is 5.93. The third kappa shape index (κ3) is 4.29. The van der Waals surface area contributed by atoms with Crippen molar-refractivity contribution in [2.24, 2.45) is 0 Å². The number of hydrogen-bond donors (Lipinski definition) is 0. The van der Waals surface area contributed by atoms with Crippen molar-refractivity contribution in [2.45, 2.75) is 0 Å². The van der Waals surface area contributed by atoms with Crippen molar-refractivity contribution in [3.05, 3.63) is 83.9 Å². The van der Waals surface area contributed by atoms with Crippen LogP contribution in [0.1, 0.15) is 5.56 Å². The van der Waals surface area contributed by atoms with E-state index in [2.05, 4.69) is 35.8 Å². The predicted octanol–water partition coefficient (Wildman–Crippen LogP) is 5.05.